The number of carboxylic acids is 1. The molecule has 2 amide bonds. The molecule has 0 aromatic carbocycles. The predicted octanol–water partition coefficient (Wildman–Crippen LogP) is 1.89. The summed E-state index contributed by atoms with van der Waals surface area (Å²) in [4.78, 5) is 27.0. The van der Waals surface area contributed by atoms with Crippen LogP contribution in [0, 0.1) is 6.92 Å². The zero-order valence-electron chi connectivity index (χ0n) is 11.1. The van der Waals surface area contributed by atoms with Crippen LogP contribution < -0.4 is 10.6 Å². The minimum absolute atomic E-state index is 0.0393. The Kier molecular flexibility index (Phi) is 6.27. The highest BCUT2D eigenvalue weighted by atomic mass is 32.1. The number of aryl methyl sites for hydroxylation is 1. The molecule has 0 aliphatic heterocycles. The fraction of sp³-hybridized carbons (Fsp3) is 0.583. The van der Waals surface area contributed by atoms with Crippen LogP contribution in [0.15, 0.2) is 6.20 Å². The van der Waals surface area contributed by atoms with Gasteiger partial charge in [0.05, 0.1) is 11.6 Å². The Morgan fingerprint density at radius 3 is 2.84 bits per heavy atom. The molecule has 1 unspecified atom stereocenters. The van der Waals surface area contributed by atoms with Crippen LogP contribution in [0.4, 0.5) is 4.79 Å². The number of hydrogen-bond donors (Lipinski definition) is 3. The first-order valence-electron chi connectivity index (χ1n) is 6.15. The van der Waals surface area contributed by atoms with Crippen molar-refractivity contribution in [3.05, 3.63) is 16.1 Å². The zero-order valence-corrected chi connectivity index (χ0v) is 11.9. The van der Waals surface area contributed by atoms with Crippen molar-refractivity contribution in [2.75, 3.05) is 0 Å². The number of carbonyl (C=O) groups is 2. The highest BCUT2D eigenvalue weighted by Crippen LogP contribution is 2.10. The minimum Gasteiger partial charge on any atom is -0.481 e. The third kappa shape index (κ3) is 6.76. The van der Waals surface area contributed by atoms with Crippen LogP contribution in [0.25, 0.3) is 0 Å². The molecule has 0 bridgehead atoms. The van der Waals surface area contributed by atoms with Crippen molar-refractivity contribution in [3.63, 3.8) is 0 Å². The number of carbonyl (C=O) groups excluding carboxylic acids is 1. The van der Waals surface area contributed by atoms with Crippen molar-refractivity contribution in [2.24, 2.45) is 0 Å². The Morgan fingerprint density at radius 1 is 1.53 bits per heavy atom. The number of nitrogens with one attached hydrogen (secondary N) is 2. The first-order chi connectivity index (χ1) is 8.97. The maximum Gasteiger partial charge on any atom is 0.315 e. The fourth-order valence-electron chi connectivity index (χ4n) is 1.56. The summed E-state index contributed by atoms with van der Waals surface area (Å²) < 4.78 is 0. The van der Waals surface area contributed by atoms with Crippen LogP contribution in [0.2, 0.25) is 0 Å². The second-order valence-electron chi connectivity index (χ2n) is 4.36. The molecule has 0 spiro atoms. The fourth-order valence-corrected chi connectivity index (χ4v) is 2.30. The van der Waals surface area contributed by atoms with Crippen molar-refractivity contribution >= 4 is 23.3 Å². The van der Waals surface area contributed by atoms with Crippen LogP contribution in [-0.4, -0.2) is 28.1 Å². The highest BCUT2D eigenvalue weighted by molar-refractivity contribution is 7.11. The van der Waals surface area contributed by atoms with E-state index in [1.54, 1.807) is 17.5 Å². The Bertz CT molecular complexity index is 434. The van der Waals surface area contributed by atoms with E-state index in [0.29, 0.717) is 19.4 Å². The average Bonchev–Trinajstić information content (AvgIpc) is 2.72. The van der Waals surface area contributed by atoms with Crippen LogP contribution in [0.3, 0.4) is 0 Å². The van der Waals surface area contributed by atoms with Gasteiger partial charge in [0.2, 0.25) is 0 Å². The third-order valence-electron chi connectivity index (χ3n) is 2.50. The lowest BCUT2D eigenvalue weighted by Gasteiger charge is -2.13. The molecule has 7 heteroatoms. The van der Waals surface area contributed by atoms with Crippen molar-refractivity contribution in [1.82, 2.24) is 15.6 Å². The van der Waals surface area contributed by atoms with E-state index >= 15 is 0 Å². The molecule has 0 saturated carbocycles. The van der Waals surface area contributed by atoms with E-state index in [2.05, 4.69) is 15.6 Å². The molecule has 0 radical (unpaired) electrons. The van der Waals surface area contributed by atoms with E-state index in [9.17, 15) is 9.59 Å². The van der Waals surface area contributed by atoms with Crippen molar-refractivity contribution < 1.29 is 14.7 Å². The highest BCUT2D eigenvalue weighted by Gasteiger charge is 2.08. The second-order valence-corrected chi connectivity index (χ2v) is 5.68. The van der Waals surface area contributed by atoms with Gasteiger partial charge in [0, 0.05) is 23.5 Å². The van der Waals surface area contributed by atoms with Gasteiger partial charge in [-0.1, -0.05) is 0 Å². The topological polar surface area (TPSA) is 91.3 Å². The lowest BCUT2D eigenvalue weighted by Crippen LogP contribution is -2.40. The number of carboxylic acid groups (broad SMARTS) is 1. The number of thiazole rings is 1. The summed E-state index contributed by atoms with van der Waals surface area (Å²) in [6.07, 6.45) is 3.09. The summed E-state index contributed by atoms with van der Waals surface area (Å²) in [6, 6.07) is -0.281. The van der Waals surface area contributed by atoms with Gasteiger partial charge in [-0.15, -0.1) is 11.3 Å². The van der Waals surface area contributed by atoms with Gasteiger partial charge in [-0.2, -0.15) is 0 Å². The zero-order chi connectivity index (χ0) is 14.3. The van der Waals surface area contributed by atoms with Gasteiger partial charge in [-0.25, -0.2) is 9.78 Å². The van der Waals surface area contributed by atoms with Gasteiger partial charge in [0.15, 0.2) is 0 Å². The van der Waals surface area contributed by atoms with E-state index in [1.807, 2.05) is 13.8 Å². The molecule has 0 aliphatic carbocycles. The lowest BCUT2D eigenvalue weighted by atomic mass is 10.1. The lowest BCUT2D eigenvalue weighted by molar-refractivity contribution is -0.137. The van der Waals surface area contributed by atoms with E-state index in [-0.39, 0.29) is 18.5 Å². The molecule has 3 N–H and O–H groups in total. The van der Waals surface area contributed by atoms with Crippen molar-refractivity contribution in [1.29, 1.82) is 0 Å². The van der Waals surface area contributed by atoms with Crippen LogP contribution >= 0.6 is 11.3 Å². The summed E-state index contributed by atoms with van der Waals surface area (Å²) in [5.74, 6) is -0.808. The maximum atomic E-state index is 11.6. The largest absolute Gasteiger partial charge is 0.481 e. The SMILES string of the molecule is Cc1ncc(CNC(=O)NC(C)CCCC(=O)O)s1. The van der Waals surface area contributed by atoms with Crippen molar-refractivity contribution in [3.8, 4) is 0 Å². The van der Waals surface area contributed by atoms with Crippen LogP contribution in [0.1, 0.15) is 36.1 Å². The number of hydrogen-bond acceptors (Lipinski definition) is 4. The van der Waals surface area contributed by atoms with E-state index in [1.165, 1.54) is 0 Å². The minimum atomic E-state index is -0.808. The van der Waals surface area contributed by atoms with Crippen LogP contribution in [0.5, 0.6) is 0 Å². The first-order valence-corrected chi connectivity index (χ1v) is 6.96. The predicted molar refractivity (Wildman–Crippen MR) is 73.2 cm³/mol. The van der Waals surface area contributed by atoms with Gasteiger partial charge < -0.3 is 15.7 Å². The monoisotopic (exact) mass is 285 g/mol. The number of nitrogens with zero attached hydrogens (tertiary/aromatic N) is 1. The summed E-state index contributed by atoms with van der Waals surface area (Å²) in [5.41, 5.74) is 0. The van der Waals surface area contributed by atoms with Gasteiger partial charge >= 0.3 is 12.0 Å². The first kappa shape index (κ1) is 15.4. The van der Waals surface area contributed by atoms with Crippen LogP contribution in [-0.2, 0) is 11.3 Å². The third-order valence-corrected chi connectivity index (χ3v) is 3.41. The van der Waals surface area contributed by atoms with Gasteiger partial charge in [0.1, 0.15) is 0 Å². The molecular weight excluding hydrogens is 266 g/mol. The molecule has 1 atom stereocenters. The summed E-state index contributed by atoms with van der Waals surface area (Å²) in [5, 5.41) is 15.0. The molecule has 1 rings (SSSR count). The number of urea groups is 1. The molecule has 6 nitrogen and oxygen atoms in total. The summed E-state index contributed by atoms with van der Waals surface area (Å²) in [7, 11) is 0. The molecule has 1 heterocycles. The normalized spacial score (nSPS) is 11.9. The Morgan fingerprint density at radius 2 is 2.26 bits per heavy atom. The van der Waals surface area contributed by atoms with Gasteiger partial charge in [0.25, 0.3) is 0 Å². The van der Waals surface area contributed by atoms with Gasteiger partial charge in [-0.3, -0.25) is 4.79 Å². The number of amides is 2. The van der Waals surface area contributed by atoms with E-state index in [4.69, 9.17) is 5.11 Å². The molecule has 0 saturated heterocycles. The molecule has 1 aromatic heterocycles. The molecule has 106 valence electrons. The Hall–Kier alpha value is -1.63. The molecule has 0 aliphatic rings. The quantitative estimate of drug-likeness (QED) is 0.713. The number of aromatic nitrogens is 1. The summed E-state index contributed by atoms with van der Waals surface area (Å²) >= 11 is 1.55. The van der Waals surface area contributed by atoms with Crippen molar-refractivity contribution in [2.45, 2.75) is 45.7 Å². The molecule has 0 fully saturated rings. The summed E-state index contributed by atoms with van der Waals surface area (Å²) in [6.45, 7) is 4.23. The number of rotatable bonds is 7. The van der Waals surface area contributed by atoms with E-state index < -0.39 is 5.97 Å². The molecule has 19 heavy (non-hydrogen) atoms. The second kappa shape index (κ2) is 7.73. The molecular formula is C12H19N3O3S. The Balaban J connectivity index is 2.17. The maximum absolute atomic E-state index is 11.6. The smallest absolute Gasteiger partial charge is 0.315 e. The van der Waals surface area contributed by atoms with Gasteiger partial charge in [-0.05, 0) is 26.7 Å². The number of aliphatic carboxylic acids is 1. The molecule has 1 aromatic rings. The average molecular weight is 285 g/mol. The van der Waals surface area contributed by atoms with E-state index in [0.717, 1.165) is 9.88 Å². The standard InChI is InChI=1S/C12H19N3O3S/c1-8(4-3-5-11(16)17)15-12(18)14-7-10-6-13-9(2)19-10/h6,8H,3-5,7H2,1-2H3,(H,16,17)(H2,14,15,18). The Labute approximate surface area is 116 Å².